The third-order valence-corrected chi connectivity index (χ3v) is 2.80. The number of nitrogens with zero attached hydrogens (tertiary/aromatic N) is 4. The number of rotatable bonds is 1. The summed E-state index contributed by atoms with van der Waals surface area (Å²) in [4.78, 5) is 6.50. The van der Waals surface area contributed by atoms with Crippen molar-refractivity contribution in [3.05, 3.63) is 24.0 Å². The standard InChI is InChI=1S/C11H16N4/c1-8-11(6-5-7-12-8)15-9(2)13-14(4)10(15)3/h5-7,10H,1-4H3. The second-order valence-electron chi connectivity index (χ2n) is 3.83. The second kappa shape index (κ2) is 3.53. The molecule has 1 aliphatic heterocycles. The van der Waals surface area contributed by atoms with Crippen molar-refractivity contribution in [2.24, 2.45) is 5.10 Å². The van der Waals surface area contributed by atoms with Crippen LogP contribution in [0.3, 0.4) is 0 Å². The Balaban J connectivity index is 2.40. The van der Waals surface area contributed by atoms with Gasteiger partial charge in [-0.3, -0.25) is 9.99 Å². The molecule has 0 saturated carbocycles. The Bertz CT molecular complexity index is 399. The molecule has 15 heavy (non-hydrogen) atoms. The van der Waals surface area contributed by atoms with Crippen molar-refractivity contribution >= 4 is 11.5 Å². The van der Waals surface area contributed by atoms with Gasteiger partial charge in [0.25, 0.3) is 0 Å². The number of aromatic nitrogens is 1. The highest BCUT2D eigenvalue weighted by Crippen LogP contribution is 2.25. The predicted molar refractivity (Wildman–Crippen MR) is 61.8 cm³/mol. The summed E-state index contributed by atoms with van der Waals surface area (Å²) in [6.07, 6.45) is 2.07. The van der Waals surface area contributed by atoms with Gasteiger partial charge in [-0.05, 0) is 32.9 Å². The van der Waals surface area contributed by atoms with Crippen molar-refractivity contribution in [2.75, 3.05) is 11.9 Å². The van der Waals surface area contributed by atoms with Gasteiger partial charge < -0.3 is 4.90 Å². The molecule has 80 valence electrons. The molecular weight excluding hydrogens is 188 g/mol. The van der Waals surface area contributed by atoms with Crippen molar-refractivity contribution in [2.45, 2.75) is 26.9 Å². The van der Waals surface area contributed by atoms with E-state index in [2.05, 4.69) is 28.0 Å². The van der Waals surface area contributed by atoms with Crippen molar-refractivity contribution < 1.29 is 0 Å². The van der Waals surface area contributed by atoms with E-state index in [4.69, 9.17) is 0 Å². The van der Waals surface area contributed by atoms with Crippen LogP contribution in [-0.2, 0) is 0 Å². The van der Waals surface area contributed by atoms with E-state index in [-0.39, 0.29) is 6.17 Å². The van der Waals surface area contributed by atoms with Gasteiger partial charge in [0, 0.05) is 13.2 Å². The lowest BCUT2D eigenvalue weighted by atomic mass is 10.2. The maximum Gasteiger partial charge on any atom is 0.128 e. The maximum atomic E-state index is 4.42. The molecule has 0 aromatic carbocycles. The first-order valence-corrected chi connectivity index (χ1v) is 5.10. The van der Waals surface area contributed by atoms with Crippen LogP contribution in [0.25, 0.3) is 0 Å². The van der Waals surface area contributed by atoms with E-state index < -0.39 is 0 Å². The minimum absolute atomic E-state index is 0.257. The Morgan fingerprint density at radius 2 is 2.07 bits per heavy atom. The van der Waals surface area contributed by atoms with Crippen LogP contribution in [0.2, 0.25) is 0 Å². The van der Waals surface area contributed by atoms with Crippen LogP contribution in [0.1, 0.15) is 19.5 Å². The molecular formula is C11H16N4. The molecule has 1 aliphatic rings. The summed E-state index contributed by atoms with van der Waals surface area (Å²) < 4.78 is 0. The Morgan fingerprint density at radius 1 is 1.33 bits per heavy atom. The second-order valence-corrected chi connectivity index (χ2v) is 3.83. The quantitative estimate of drug-likeness (QED) is 0.699. The van der Waals surface area contributed by atoms with Crippen LogP contribution < -0.4 is 4.90 Å². The van der Waals surface area contributed by atoms with Crippen molar-refractivity contribution in [1.29, 1.82) is 0 Å². The maximum absolute atomic E-state index is 4.42. The number of amidine groups is 1. The molecule has 4 nitrogen and oxygen atoms in total. The number of hydrazone groups is 1. The van der Waals surface area contributed by atoms with Gasteiger partial charge in [-0.1, -0.05) is 0 Å². The number of hydrogen-bond acceptors (Lipinski definition) is 4. The summed E-state index contributed by atoms with van der Waals surface area (Å²) >= 11 is 0. The van der Waals surface area contributed by atoms with Crippen LogP contribution in [0.15, 0.2) is 23.4 Å². The topological polar surface area (TPSA) is 31.7 Å². The first-order chi connectivity index (χ1) is 7.11. The van der Waals surface area contributed by atoms with Crippen molar-refractivity contribution in [1.82, 2.24) is 9.99 Å². The Kier molecular flexibility index (Phi) is 2.34. The van der Waals surface area contributed by atoms with Crippen LogP contribution in [0.4, 0.5) is 5.69 Å². The smallest absolute Gasteiger partial charge is 0.128 e. The van der Waals surface area contributed by atoms with E-state index in [9.17, 15) is 0 Å². The van der Waals surface area contributed by atoms with E-state index in [0.717, 1.165) is 17.2 Å². The Morgan fingerprint density at radius 3 is 2.60 bits per heavy atom. The highest BCUT2D eigenvalue weighted by Gasteiger charge is 2.27. The van der Waals surface area contributed by atoms with Crippen molar-refractivity contribution in [3.8, 4) is 0 Å². The van der Waals surface area contributed by atoms with Gasteiger partial charge in [-0.15, -0.1) is 0 Å². The highest BCUT2D eigenvalue weighted by atomic mass is 15.6. The average molecular weight is 204 g/mol. The molecule has 4 heteroatoms. The number of hydrogen-bond donors (Lipinski definition) is 0. The molecule has 1 aromatic heterocycles. The fourth-order valence-corrected chi connectivity index (χ4v) is 1.90. The molecule has 2 rings (SSSR count). The molecule has 1 atom stereocenters. The highest BCUT2D eigenvalue weighted by molar-refractivity contribution is 5.98. The van der Waals surface area contributed by atoms with E-state index in [1.54, 1.807) is 0 Å². The molecule has 0 saturated heterocycles. The minimum atomic E-state index is 0.257. The minimum Gasteiger partial charge on any atom is -0.305 e. The van der Waals surface area contributed by atoms with E-state index in [1.807, 2.05) is 38.2 Å². The first kappa shape index (κ1) is 9.96. The lowest BCUT2D eigenvalue weighted by Crippen LogP contribution is -2.38. The summed E-state index contributed by atoms with van der Waals surface area (Å²) in [5, 5.41) is 6.38. The summed E-state index contributed by atoms with van der Waals surface area (Å²) in [5.41, 5.74) is 2.17. The lowest BCUT2D eigenvalue weighted by molar-refractivity contribution is 0.304. The summed E-state index contributed by atoms with van der Waals surface area (Å²) in [6, 6.07) is 4.04. The van der Waals surface area contributed by atoms with Crippen LogP contribution in [0, 0.1) is 6.92 Å². The summed E-state index contributed by atoms with van der Waals surface area (Å²) in [6.45, 7) is 6.17. The van der Waals surface area contributed by atoms with Gasteiger partial charge in [0.15, 0.2) is 0 Å². The molecule has 0 bridgehead atoms. The fraction of sp³-hybridized carbons (Fsp3) is 0.455. The summed E-state index contributed by atoms with van der Waals surface area (Å²) in [5.74, 6) is 1.01. The van der Waals surface area contributed by atoms with Gasteiger partial charge in [0.1, 0.15) is 12.0 Å². The van der Waals surface area contributed by atoms with E-state index in [0.29, 0.717) is 0 Å². The SMILES string of the molecule is CC1=NN(C)C(C)N1c1cccnc1C. The van der Waals surface area contributed by atoms with Crippen molar-refractivity contribution in [3.63, 3.8) is 0 Å². The zero-order valence-corrected chi connectivity index (χ0v) is 9.60. The zero-order valence-electron chi connectivity index (χ0n) is 9.60. The van der Waals surface area contributed by atoms with Gasteiger partial charge in [-0.2, -0.15) is 5.10 Å². The molecule has 0 spiro atoms. The number of anilines is 1. The average Bonchev–Trinajstić information content (AvgIpc) is 2.43. The van der Waals surface area contributed by atoms with E-state index >= 15 is 0 Å². The zero-order chi connectivity index (χ0) is 11.0. The first-order valence-electron chi connectivity index (χ1n) is 5.10. The van der Waals surface area contributed by atoms with Gasteiger partial charge >= 0.3 is 0 Å². The molecule has 0 amide bonds. The monoisotopic (exact) mass is 204 g/mol. The molecule has 0 N–H and O–H groups in total. The largest absolute Gasteiger partial charge is 0.305 e. The predicted octanol–water partition coefficient (Wildman–Crippen LogP) is 1.82. The van der Waals surface area contributed by atoms with Crippen LogP contribution >= 0.6 is 0 Å². The fourth-order valence-electron chi connectivity index (χ4n) is 1.90. The lowest BCUT2D eigenvalue weighted by Gasteiger charge is -2.27. The third kappa shape index (κ3) is 1.56. The number of pyridine rings is 1. The Labute approximate surface area is 90.2 Å². The van der Waals surface area contributed by atoms with Gasteiger partial charge in [0.05, 0.1) is 11.4 Å². The van der Waals surface area contributed by atoms with Gasteiger partial charge in [-0.25, -0.2) is 0 Å². The third-order valence-electron chi connectivity index (χ3n) is 2.80. The molecule has 1 aromatic rings. The normalized spacial score (nSPS) is 20.8. The number of aryl methyl sites for hydroxylation is 1. The molecule has 2 heterocycles. The molecule has 0 radical (unpaired) electrons. The van der Waals surface area contributed by atoms with Crippen LogP contribution in [0.5, 0.6) is 0 Å². The summed E-state index contributed by atoms with van der Waals surface area (Å²) in [7, 11) is 1.99. The van der Waals surface area contributed by atoms with Crippen LogP contribution in [-0.4, -0.2) is 29.0 Å². The molecule has 0 aliphatic carbocycles. The Hall–Kier alpha value is -1.58. The molecule has 0 fully saturated rings. The van der Waals surface area contributed by atoms with Gasteiger partial charge in [0.2, 0.25) is 0 Å². The van der Waals surface area contributed by atoms with E-state index in [1.165, 1.54) is 0 Å². The molecule has 1 unspecified atom stereocenters.